The maximum Gasteiger partial charge on any atom is 0.251 e. The molecular weight excluding hydrogens is 288 g/mol. The Balaban J connectivity index is 2.01. The first kappa shape index (κ1) is 14.6. The molecule has 1 amide bonds. The van der Waals surface area contributed by atoms with Gasteiger partial charge in [-0.25, -0.2) is 4.98 Å². The van der Waals surface area contributed by atoms with Gasteiger partial charge in [-0.1, -0.05) is 11.6 Å². The van der Waals surface area contributed by atoms with Crippen LogP contribution >= 0.6 is 11.6 Å². The molecule has 6 heteroatoms. The number of aromatic nitrogens is 1. The molecule has 3 heterocycles. The van der Waals surface area contributed by atoms with Crippen molar-refractivity contribution in [2.75, 3.05) is 36.0 Å². The molecular formula is C15H21ClN4O. The summed E-state index contributed by atoms with van der Waals surface area (Å²) in [6.45, 7) is 9.52. The molecule has 1 aromatic rings. The lowest BCUT2D eigenvalue weighted by Crippen LogP contribution is -2.63. The topological polar surface area (TPSA) is 39.7 Å². The van der Waals surface area contributed by atoms with Crippen molar-refractivity contribution in [3.63, 3.8) is 0 Å². The molecule has 5 nitrogen and oxygen atoms in total. The van der Waals surface area contributed by atoms with Crippen LogP contribution in [0.15, 0.2) is 12.3 Å². The van der Waals surface area contributed by atoms with Crippen molar-refractivity contribution < 1.29 is 4.79 Å². The lowest BCUT2D eigenvalue weighted by molar-refractivity contribution is -0.121. The van der Waals surface area contributed by atoms with E-state index < -0.39 is 0 Å². The van der Waals surface area contributed by atoms with E-state index >= 15 is 0 Å². The van der Waals surface area contributed by atoms with Crippen molar-refractivity contribution in [3.05, 3.63) is 17.3 Å². The zero-order valence-corrected chi connectivity index (χ0v) is 13.5. The quantitative estimate of drug-likeness (QED) is 0.838. The molecule has 1 atom stereocenters. The summed E-state index contributed by atoms with van der Waals surface area (Å²) >= 11 is 6.06. The minimum Gasteiger partial charge on any atom is -0.340 e. The second kappa shape index (κ2) is 5.46. The third kappa shape index (κ3) is 2.38. The fourth-order valence-corrected chi connectivity index (χ4v) is 3.36. The first-order valence-corrected chi connectivity index (χ1v) is 7.88. The average Bonchev–Trinajstić information content (AvgIpc) is 2.47. The van der Waals surface area contributed by atoms with Gasteiger partial charge in [0.2, 0.25) is 0 Å². The number of likely N-dealkylation sites (N-methyl/N-ethyl adjacent to an activating group) is 1. The van der Waals surface area contributed by atoms with Gasteiger partial charge in [-0.15, -0.1) is 0 Å². The number of nitrogens with zero attached hydrogens (tertiary/aromatic N) is 4. The van der Waals surface area contributed by atoms with Gasteiger partial charge in [-0.05, 0) is 26.8 Å². The highest BCUT2D eigenvalue weighted by Gasteiger charge is 2.42. The molecule has 0 N–H and O–H groups in total. The zero-order valence-electron chi connectivity index (χ0n) is 12.7. The number of halogens is 1. The van der Waals surface area contributed by atoms with Crippen molar-refractivity contribution in [1.82, 2.24) is 9.88 Å². The zero-order chi connectivity index (χ0) is 15.1. The Morgan fingerprint density at radius 1 is 1.43 bits per heavy atom. The van der Waals surface area contributed by atoms with Crippen molar-refractivity contribution in [2.24, 2.45) is 0 Å². The molecule has 0 radical (unpaired) electrons. The number of anilines is 2. The molecule has 21 heavy (non-hydrogen) atoms. The molecule has 0 unspecified atom stereocenters. The number of rotatable bonds is 2. The van der Waals surface area contributed by atoms with Crippen molar-refractivity contribution >= 4 is 29.0 Å². The van der Waals surface area contributed by atoms with E-state index in [4.69, 9.17) is 11.6 Å². The van der Waals surface area contributed by atoms with Gasteiger partial charge in [-0.3, -0.25) is 9.69 Å². The van der Waals surface area contributed by atoms with E-state index in [1.165, 1.54) is 0 Å². The van der Waals surface area contributed by atoms with Gasteiger partial charge in [0.05, 0.1) is 10.7 Å². The summed E-state index contributed by atoms with van der Waals surface area (Å²) in [6, 6.07) is 2.16. The second-order valence-electron chi connectivity index (χ2n) is 5.88. The van der Waals surface area contributed by atoms with Crippen LogP contribution in [0.2, 0.25) is 5.02 Å². The maximum atomic E-state index is 12.8. The monoisotopic (exact) mass is 308 g/mol. The van der Waals surface area contributed by atoms with Gasteiger partial charge in [0.15, 0.2) is 5.82 Å². The van der Waals surface area contributed by atoms with Crippen LogP contribution in [0.5, 0.6) is 0 Å². The first-order chi connectivity index (χ1) is 10.0. The number of pyridine rings is 1. The summed E-state index contributed by atoms with van der Waals surface area (Å²) < 4.78 is 0. The highest BCUT2D eigenvalue weighted by atomic mass is 35.5. The summed E-state index contributed by atoms with van der Waals surface area (Å²) in [5.41, 5.74) is 0.837. The Hall–Kier alpha value is -1.33. The van der Waals surface area contributed by atoms with Crippen molar-refractivity contribution in [2.45, 2.75) is 32.9 Å². The van der Waals surface area contributed by atoms with E-state index in [9.17, 15) is 4.79 Å². The molecule has 1 fully saturated rings. The van der Waals surface area contributed by atoms with E-state index in [0.29, 0.717) is 17.6 Å². The minimum atomic E-state index is -0.137. The van der Waals surface area contributed by atoms with Crippen LogP contribution in [0.4, 0.5) is 11.5 Å². The summed E-state index contributed by atoms with van der Waals surface area (Å²) in [7, 11) is 0. The summed E-state index contributed by atoms with van der Waals surface area (Å²) in [5, 5.41) is 0.569. The normalized spacial score (nSPS) is 22.5. The van der Waals surface area contributed by atoms with Crippen LogP contribution in [-0.2, 0) is 4.79 Å². The van der Waals surface area contributed by atoms with Gasteiger partial charge >= 0.3 is 0 Å². The molecule has 1 saturated heterocycles. The summed E-state index contributed by atoms with van der Waals surface area (Å²) in [5.74, 6) is 1.04. The molecule has 114 valence electrons. The van der Waals surface area contributed by atoms with Crippen molar-refractivity contribution in [1.29, 1.82) is 0 Å². The number of carbonyl (C=O) groups is 1. The summed E-state index contributed by atoms with van der Waals surface area (Å²) in [6.07, 6.45) is 1.66. The van der Waals surface area contributed by atoms with Crippen LogP contribution in [0.1, 0.15) is 20.8 Å². The molecule has 0 spiro atoms. The molecule has 0 saturated carbocycles. The SMILES string of the molecule is CCN1C(=O)[C@@H]2CN(C(C)C)CCN2c2ncc(Cl)cc21. The van der Waals surface area contributed by atoms with Gasteiger partial charge in [0, 0.05) is 38.4 Å². The summed E-state index contributed by atoms with van der Waals surface area (Å²) in [4.78, 5) is 23.6. The van der Waals surface area contributed by atoms with E-state index in [2.05, 4.69) is 28.6 Å². The number of piperazine rings is 1. The highest BCUT2D eigenvalue weighted by molar-refractivity contribution is 6.31. The molecule has 0 aromatic carbocycles. The van der Waals surface area contributed by atoms with Crippen LogP contribution in [0.3, 0.4) is 0 Å². The Bertz CT molecular complexity index is 563. The Morgan fingerprint density at radius 3 is 2.86 bits per heavy atom. The van der Waals surface area contributed by atoms with Crippen LogP contribution < -0.4 is 9.80 Å². The van der Waals surface area contributed by atoms with E-state index in [1.54, 1.807) is 11.1 Å². The Morgan fingerprint density at radius 2 is 2.19 bits per heavy atom. The third-order valence-electron chi connectivity index (χ3n) is 4.39. The molecule has 0 aliphatic carbocycles. The van der Waals surface area contributed by atoms with Gasteiger partial charge < -0.3 is 9.80 Å². The average molecular weight is 309 g/mol. The van der Waals surface area contributed by atoms with Crippen LogP contribution in [-0.4, -0.2) is 54.1 Å². The Labute approximate surface area is 130 Å². The van der Waals surface area contributed by atoms with Gasteiger partial charge in [0.25, 0.3) is 5.91 Å². The maximum absolute atomic E-state index is 12.8. The number of hydrogen-bond donors (Lipinski definition) is 0. The highest BCUT2D eigenvalue weighted by Crippen LogP contribution is 2.37. The molecule has 2 aliphatic rings. The second-order valence-corrected chi connectivity index (χ2v) is 6.31. The van der Waals surface area contributed by atoms with E-state index in [0.717, 1.165) is 31.1 Å². The molecule has 2 aliphatic heterocycles. The van der Waals surface area contributed by atoms with Crippen LogP contribution in [0.25, 0.3) is 0 Å². The van der Waals surface area contributed by atoms with E-state index in [1.807, 2.05) is 13.0 Å². The predicted octanol–water partition coefficient (Wildman–Crippen LogP) is 2.00. The van der Waals surface area contributed by atoms with Crippen molar-refractivity contribution in [3.8, 4) is 0 Å². The van der Waals surface area contributed by atoms with Gasteiger partial charge in [-0.2, -0.15) is 0 Å². The largest absolute Gasteiger partial charge is 0.340 e. The number of amides is 1. The molecule has 0 bridgehead atoms. The lowest BCUT2D eigenvalue weighted by atomic mass is 10.0. The number of fused-ring (bicyclic) bond motifs is 3. The predicted molar refractivity (Wildman–Crippen MR) is 85.1 cm³/mol. The standard InChI is InChI=1S/C15H21ClN4O/c1-4-19-12-7-11(16)8-17-14(12)20-6-5-18(10(2)3)9-13(20)15(19)21/h7-8,10,13H,4-6,9H2,1-3H3/t13-/m0/s1. The smallest absolute Gasteiger partial charge is 0.251 e. The van der Waals surface area contributed by atoms with E-state index in [-0.39, 0.29) is 11.9 Å². The lowest BCUT2D eigenvalue weighted by Gasteiger charge is -2.48. The molecule has 3 rings (SSSR count). The minimum absolute atomic E-state index is 0.137. The number of carbonyl (C=O) groups excluding carboxylic acids is 1. The molecule has 1 aromatic heterocycles. The Kier molecular flexibility index (Phi) is 3.80. The van der Waals surface area contributed by atoms with Gasteiger partial charge in [0.1, 0.15) is 6.04 Å². The first-order valence-electron chi connectivity index (χ1n) is 7.50. The fraction of sp³-hybridized carbons (Fsp3) is 0.600. The third-order valence-corrected chi connectivity index (χ3v) is 4.59. The van der Waals surface area contributed by atoms with Crippen LogP contribution in [0, 0.1) is 0 Å². The fourth-order valence-electron chi connectivity index (χ4n) is 3.20. The number of hydrogen-bond acceptors (Lipinski definition) is 4.